The maximum absolute atomic E-state index is 13.0. The molecule has 0 bridgehead atoms. The fourth-order valence-corrected chi connectivity index (χ4v) is 1.52. The van der Waals surface area contributed by atoms with Crippen molar-refractivity contribution >= 4 is 11.4 Å². The molecule has 6 nitrogen and oxygen atoms in total. The summed E-state index contributed by atoms with van der Waals surface area (Å²) in [5, 5.41) is 13.2. The molecule has 118 valence electrons. The Hall–Kier alpha value is -1.87. The van der Waals surface area contributed by atoms with Gasteiger partial charge >= 0.3 is 6.18 Å². The third-order valence-corrected chi connectivity index (χ3v) is 3.02. The number of non-ortho nitro benzene ring substituents is 1. The molecule has 1 rings (SSSR count). The van der Waals surface area contributed by atoms with Gasteiger partial charge in [-0.25, -0.2) is 0 Å². The lowest BCUT2D eigenvalue weighted by Crippen LogP contribution is -2.54. The van der Waals surface area contributed by atoms with Crippen molar-refractivity contribution in [2.75, 3.05) is 33.0 Å². The van der Waals surface area contributed by atoms with E-state index in [2.05, 4.69) is 5.32 Å². The molecule has 0 saturated carbocycles. The lowest BCUT2D eigenvalue weighted by molar-refractivity contribution is -0.893. The van der Waals surface area contributed by atoms with Crippen LogP contribution < -0.4 is 11.1 Å². The minimum absolute atomic E-state index is 0.102. The molecule has 0 aromatic heterocycles. The van der Waals surface area contributed by atoms with Crippen LogP contribution >= 0.6 is 0 Å². The summed E-state index contributed by atoms with van der Waals surface area (Å²) in [6, 6.07) is 2.58. The third-order valence-electron chi connectivity index (χ3n) is 3.02. The second-order valence-electron chi connectivity index (χ2n) is 5.55. The largest absolute Gasteiger partial charge is 0.418 e. The van der Waals surface area contributed by atoms with Crippen LogP contribution in [0.5, 0.6) is 0 Å². The van der Waals surface area contributed by atoms with E-state index in [4.69, 9.17) is 5.73 Å². The van der Waals surface area contributed by atoms with Gasteiger partial charge in [-0.1, -0.05) is 0 Å². The highest BCUT2D eigenvalue weighted by Gasteiger charge is 2.35. The highest BCUT2D eigenvalue weighted by Crippen LogP contribution is 2.37. The third kappa shape index (κ3) is 4.57. The number of likely N-dealkylation sites (N-methyl/N-ethyl adjacent to an activating group) is 1. The monoisotopic (exact) mass is 307 g/mol. The lowest BCUT2D eigenvalue weighted by Gasteiger charge is -2.31. The first-order chi connectivity index (χ1) is 9.43. The molecule has 0 aliphatic carbocycles. The Bertz CT molecular complexity index is 526. The molecule has 0 aliphatic rings. The van der Waals surface area contributed by atoms with Gasteiger partial charge in [0.15, 0.2) is 6.17 Å². The standard InChI is InChI=1S/C12H18F3N4O2/c1-19(2,3)11(16)7-17-10-5-4-8(18(20)21)6-9(10)12(13,14)15/h4-6,11,17H,7,16H2,1-3H3/q+1. The van der Waals surface area contributed by atoms with E-state index in [0.717, 1.165) is 12.1 Å². The Morgan fingerprint density at radius 1 is 1.38 bits per heavy atom. The fourth-order valence-electron chi connectivity index (χ4n) is 1.52. The van der Waals surface area contributed by atoms with Crippen LogP contribution in [-0.2, 0) is 6.18 Å². The molecule has 0 saturated heterocycles. The molecule has 0 heterocycles. The number of halogens is 3. The number of nitrogens with two attached hydrogens (primary N) is 1. The predicted molar refractivity (Wildman–Crippen MR) is 72.6 cm³/mol. The van der Waals surface area contributed by atoms with E-state index < -0.39 is 28.5 Å². The summed E-state index contributed by atoms with van der Waals surface area (Å²) >= 11 is 0. The molecule has 9 heteroatoms. The van der Waals surface area contributed by atoms with Gasteiger partial charge in [-0.05, 0) is 6.07 Å². The Morgan fingerprint density at radius 3 is 2.38 bits per heavy atom. The Labute approximate surface area is 120 Å². The molecular formula is C12H18F3N4O2+. The number of hydrogen-bond acceptors (Lipinski definition) is 4. The Morgan fingerprint density at radius 2 is 1.95 bits per heavy atom. The zero-order valence-electron chi connectivity index (χ0n) is 11.9. The van der Waals surface area contributed by atoms with E-state index in [-0.39, 0.29) is 12.2 Å². The van der Waals surface area contributed by atoms with E-state index in [1.54, 1.807) is 0 Å². The van der Waals surface area contributed by atoms with Crippen molar-refractivity contribution in [2.24, 2.45) is 5.73 Å². The van der Waals surface area contributed by atoms with Crippen molar-refractivity contribution in [2.45, 2.75) is 12.3 Å². The van der Waals surface area contributed by atoms with Gasteiger partial charge in [0.1, 0.15) is 0 Å². The number of nitro benzene ring substituents is 1. The Balaban J connectivity index is 3.04. The number of nitrogens with one attached hydrogen (secondary N) is 1. The number of quaternary nitrogens is 1. The summed E-state index contributed by atoms with van der Waals surface area (Å²) in [6.45, 7) is 0.102. The molecular weight excluding hydrogens is 289 g/mol. The van der Waals surface area contributed by atoms with Crippen molar-refractivity contribution < 1.29 is 22.6 Å². The minimum Gasteiger partial charge on any atom is -0.377 e. The van der Waals surface area contributed by atoms with Crippen molar-refractivity contribution in [1.29, 1.82) is 0 Å². The van der Waals surface area contributed by atoms with E-state index in [0.29, 0.717) is 10.5 Å². The first-order valence-electron chi connectivity index (χ1n) is 6.09. The minimum atomic E-state index is -4.69. The highest BCUT2D eigenvalue weighted by atomic mass is 19.4. The molecule has 0 radical (unpaired) electrons. The number of nitrogens with zero attached hydrogens (tertiary/aromatic N) is 2. The average molecular weight is 307 g/mol. The van der Waals surface area contributed by atoms with Crippen LogP contribution in [0.1, 0.15) is 5.56 Å². The second-order valence-corrected chi connectivity index (χ2v) is 5.55. The van der Waals surface area contributed by atoms with Gasteiger partial charge in [-0.3, -0.25) is 15.8 Å². The average Bonchev–Trinajstić information content (AvgIpc) is 2.33. The smallest absolute Gasteiger partial charge is 0.377 e. The van der Waals surface area contributed by atoms with Crippen molar-refractivity contribution in [3.63, 3.8) is 0 Å². The number of nitro groups is 1. The van der Waals surface area contributed by atoms with E-state index in [9.17, 15) is 23.3 Å². The van der Waals surface area contributed by atoms with Gasteiger partial charge in [0.2, 0.25) is 0 Å². The molecule has 21 heavy (non-hydrogen) atoms. The number of anilines is 1. The summed E-state index contributed by atoms with van der Waals surface area (Å²) in [5.74, 6) is 0. The van der Waals surface area contributed by atoms with Crippen LogP contribution in [0, 0.1) is 10.1 Å². The first-order valence-corrected chi connectivity index (χ1v) is 6.09. The number of rotatable bonds is 5. The van der Waals surface area contributed by atoms with Crippen LogP contribution in [0.15, 0.2) is 18.2 Å². The molecule has 0 amide bonds. The van der Waals surface area contributed by atoms with Crippen LogP contribution in [0.25, 0.3) is 0 Å². The molecule has 0 fully saturated rings. The van der Waals surface area contributed by atoms with Gasteiger partial charge in [-0.2, -0.15) is 13.2 Å². The van der Waals surface area contributed by atoms with E-state index in [1.165, 1.54) is 0 Å². The SMILES string of the molecule is C[N+](C)(C)C(N)CNc1ccc([N+](=O)[O-])cc1C(F)(F)F. The molecule has 1 aromatic rings. The molecule has 1 unspecified atom stereocenters. The summed E-state index contributed by atoms with van der Waals surface area (Å²) in [5.41, 5.74) is 3.95. The van der Waals surface area contributed by atoms with Crippen LogP contribution in [-0.4, -0.2) is 43.3 Å². The van der Waals surface area contributed by atoms with Crippen molar-refractivity contribution in [3.8, 4) is 0 Å². The first kappa shape index (κ1) is 17.2. The highest BCUT2D eigenvalue weighted by molar-refractivity contribution is 5.57. The number of benzene rings is 1. The maximum Gasteiger partial charge on any atom is 0.418 e. The topological polar surface area (TPSA) is 81.2 Å². The molecule has 3 N–H and O–H groups in total. The summed E-state index contributed by atoms with van der Waals surface area (Å²) in [6.07, 6.45) is -5.11. The summed E-state index contributed by atoms with van der Waals surface area (Å²) in [4.78, 5) is 9.72. The van der Waals surface area contributed by atoms with Crippen molar-refractivity contribution in [3.05, 3.63) is 33.9 Å². The normalized spacial score (nSPS) is 13.9. The van der Waals surface area contributed by atoms with E-state index in [1.807, 2.05) is 21.1 Å². The van der Waals surface area contributed by atoms with Gasteiger partial charge in [-0.15, -0.1) is 0 Å². The summed E-state index contributed by atoms with van der Waals surface area (Å²) < 4.78 is 39.2. The number of alkyl halides is 3. The van der Waals surface area contributed by atoms with Crippen LogP contribution in [0.2, 0.25) is 0 Å². The number of hydrogen-bond donors (Lipinski definition) is 2. The molecule has 0 aliphatic heterocycles. The molecule has 0 spiro atoms. The predicted octanol–water partition coefficient (Wildman–Crippen LogP) is 2.02. The van der Waals surface area contributed by atoms with E-state index >= 15 is 0 Å². The van der Waals surface area contributed by atoms with Crippen LogP contribution in [0.4, 0.5) is 24.5 Å². The van der Waals surface area contributed by atoms with Gasteiger partial charge in [0, 0.05) is 17.8 Å². The zero-order chi connectivity index (χ0) is 16.4. The van der Waals surface area contributed by atoms with Gasteiger partial charge in [0.05, 0.1) is 38.2 Å². The molecule has 1 atom stereocenters. The van der Waals surface area contributed by atoms with Gasteiger partial charge in [0.25, 0.3) is 5.69 Å². The quantitative estimate of drug-likeness (QED) is 0.377. The lowest BCUT2D eigenvalue weighted by atomic mass is 10.1. The second kappa shape index (κ2) is 5.86. The van der Waals surface area contributed by atoms with Crippen molar-refractivity contribution in [1.82, 2.24) is 0 Å². The van der Waals surface area contributed by atoms with Crippen LogP contribution in [0.3, 0.4) is 0 Å². The van der Waals surface area contributed by atoms with Gasteiger partial charge < -0.3 is 9.80 Å². The summed E-state index contributed by atoms with van der Waals surface area (Å²) in [7, 11) is 5.44. The Kier molecular flexibility index (Phi) is 4.79. The maximum atomic E-state index is 13.0. The fraction of sp³-hybridized carbons (Fsp3) is 0.500. The molecule has 1 aromatic carbocycles. The zero-order valence-corrected chi connectivity index (χ0v) is 11.9.